The van der Waals surface area contributed by atoms with Gasteiger partial charge in [0.05, 0.1) is 46.9 Å². The van der Waals surface area contributed by atoms with Crippen LogP contribution >= 0.6 is 65.3 Å². The van der Waals surface area contributed by atoms with Gasteiger partial charge in [-0.2, -0.15) is 54.0 Å². The lowest BCUT2D eigenvalue weighted by atomic mass is 9.84. The normalized spacial score (nSPS) is 21.5. The molecule has 4 saturated heterocycles. The van der Waals surface area contributed by atoms with Gasteiger partial charge in [0.25, 0.3) is 5.91 Å². The fourth-order valence-electron chi connectivity index (χ4n) is 10.3. The topological polar surface area (TPSA) is 172 Å². The molecule has 8 heterocycles. The number of pyridine rings is 1. The first kappa shape index (κ1) is 58.3. The number of methoxy groups -OCH3 is 1. The van der Waals surface area contributed by atoms with Crippen LogP contribution in [-0.2, 0) is 48.0 Å². The number of piperidine rings is 1. The summed E-state index contributed by atoms with van der Waals surface area (Å²) in [4.78, 5) is 84.3. The number of aryl methyl sites for hydroxylation is 1. The first-order valence-electron chi connectivity index (χ1n) is 23.1. The number of hydrogen-bond acceptors (Lipinski definition) is 11. The number of nitrogens with one attached hydrogen (secondary N) is 2. The second-order valence-corrected chi connectivity index (χ2v) is 20.2. The van der Waals surface area contributed by atoms with Crippen LogP contribution in [0.5, 0.6) is 0 Å². The van der Waals surface area contributed by atoms with Crippen molar-refractivity contribution in [3.63, 3.8) is 0 Å². The highest BCUT2D eigenvalue weighted by atomic mass is 32.1. The standard InChI is InChI=1S/C49H63N9O7S.4H2S/c1-10-41(59)58-31-21-32(58)25-55(24-31)48(63)54(8)43(28(3)4)45(60)52-37-22-40-51-38(26-66-40)30-16-17-39-34(20-30)35(44(56(39)11-2)33-14-12-18-50-42(33)29(5)64-9)23-49(6,7)27-65-47(62)36-15-13-19-57(53-36)46(37)61;;;;/h10,12,14,16-18,20,26,28-29,31-32,36-37,43,53H,1,11,13,15,19,21-25,27H2,2-9H3,(H,52,60);4*1H2/t29-,31?,32?,36-,37-,43-;;;;/m0..../s1. The van der Waals surface area contributed by atoms with Crippen LogP contribution in [-0.4, -0.2) is 135 Å². The summed E-state index contributed by atoms with van der Waals surface area (Å²) >= 11 is 1.41. The maximum absolute atomic E-state index is 14.6. The molecule has 5 amide bonds. The van der Waals surface area contributed by atoms with E-state index in [-0.39, 0.29) is 103 Å². The average molecular weight is 1060 g/mol. The van der Waals surface area contributed by atoms with Crippen LogP contribution in [0.1, 0.15) is 83.2 Å². The highest BCUT2D eigenvalue weighted by Crippen LogP contribution is 2.42. The summed E-state index contributed by atoms with van der Waals surface area (Å²) in [6.07, 6.45) is 5.31. The van der Waals surface area contributed by atoms with E-state index in [1.807, 2.05) is 32.2 Å². The van der Waals surface area contributed by atoms with Crippen LogP contribution in [0, 0.1) is 11.3 Å². The van der Waals surface area contributed by atoms with Crippen molar-refractivity contribution in [1.82, 2.24) is 45.0 Å². The van der Waals surface area contributed by atoms with Crippen molar-refractivity contribution in [1.29, 1.82) is 0 Å². The summed E-state index contributed by atoms with van der Waals surface area (Å²) in [7, 11) is 3.29. The quantitative estimate of drug-likeness (QED) is 0.145. The number of aromatic nitrogens is 3. The fourth-order valence-corrected chi connectivity index (χ4v) is 11.2. The number of rotatable bonds is 9. The first-order valence-corrected chi connectivity index (χ1v) is 24.0. The molecule has 0 saturated carbocycles. The summed E-state index contributed by atoms with van der Waals surface area (Å²) in [5, 5.41) is 8.12. The third-order valence-corrected chi connectivity index (χ3v) is 14.5. The number of likely N-dealkylation sites (N-methyl/N-ethyl adjacent to an activating group) is 1. The van der Waals surface area contributed by atoms with E-state index in [0.29, 0.717) is 50.4 Å². The minimum Gasteiger partial charge on any atom is -0.464 e. The van der Waals surface area contributed by atoms with Gasteiger partial charge in [-0.15, -0.1) is 11.3 Å². The van der Waals surface area contributed by atoms with Crippen LogP contribution in [0.4, 0.5) is 4.79 Å². The molecule has 0 spiro atoms. The van der Waals surface area contributed by atoms with Crippen molar-refractivity contribution in [3.8, 4) is 22.5 Å². The molecule has 5 aliphatic heterocycles. The monoisotopic (exact) mass is 1060 g/mol. The van der Waals surface area contributed by atoms with Gasteiger partial charge >= 0.3 is 12.0 Å². The van der Waals surface area contributed by atoms with Gasteiger partial charge in [0.1, 0.15) is 18.1 Å². The molecule has 3 aromatic heterocycles. The lowest BCUT2D eigenvalue weighted by molar-refractivity contribution is -0.155. The molecule has 21 heteroatoms. The minimum absolute atomic E-state index is 0. The third kappa shape index (κ3) is 11.5. The molecular weight excluding hydrogens is 987 g/mol. The highest BCUT2D eigenvalue weighted by molar-refractivity contribution is 7.59. The fraction of sp³-hybridized carbons (Fsp3) is 0.531. The Bertz CT molecular complexity index is 2540. The molecule has 5 aliphatic rings. The molecule has 6 atom stereocenters. The van der Waals surface area contributed by atoms with Crippen LogP contribution in [0.15, 0.2) is 54.6 Å². The van der Waals surface area contributed by atoms with Crippen molar-refractivity contribution in [2.75, 3.05) is 40.4 Å². The Balaban J connectivity index is 0.00000266. The van der Waals surface area contributed by atoms with E-state index in [1.54, 1.807) is 30.2 Å². The maximum Gasteiger partial charge on any atom is 0.324 e. The Labute approximate surface area is 443 Å². The number of carbonyl (C=O) groups excluding carboxylic acids is 5. The van der Waals surface area contributed by atoms with E-state index in [0.717, 1.165) is 51.1 Å². The molecule has 4 fully saturated rings. The van der Waals surface area contributed by atoms with E-state index < -0.39 is 41.3 Å². The van der Waals surface area contributed by atoms with Crippen LogP contribution in [0.2, 0.25) is 0 Å². The van der Waals surface area contributed by atoms with Gasteiger partial charge in [-0.25, -0.2) is 15.2 Å². The Morgan fingerprint density at radius 1 is 1.10 bits per heavy atom. The van der Waals surface area contributed by atoms with Crippen LogP contribution in [0.25, 0.3) is 33.4 Å². The average Bonchev–Trinajstić information content (AvgIpc) is 3.90. The lowest BCUT2D eigenvalue weighted by Crippen LogP contribution is -2.72. The van der Waals surface area contributed by atoms with Crippen molar-refractivity contribution in [3.05, 3.63) is 70.8 Å². The van der Waals surface area contributed by atoms with Crippen molar-refractivity contribution < 1.29 is 33.4 Å². The van der Waals surface area contributed by atoms with Crippen molar-refractivity contribution in [2.45, 2.75) is 117 Å². The number of cyclic esters (lactones) is 1. The predicted molar refractivity (Wildman–Crippen MR) is 293 cm³/mol. The van der Waals surface area contributed by atoms with E-state index >= 15 is 0 Å². The summed E-state index contributed by atoms with van der Waals surface area (Å²) < 4.78 is 14.2. The number of urea groups is 1. The minimum atomic E-state index is -1.08. The van der Waals surface area contributed by atoms with E-state index in [9.17, 15) is 24.0 Å². The Morgan fingerprint density at radius 3 is 2.47 bits per heavy atom. The molecule has 8 bridgehead atoms. The van der Waals surface area contributed by atoms with E-state index in [4.69, 9.17) is 19.4 Å². The lowest BCUT2D eigenvalue weighted by Gasteiger charge is -2.56. The number of fused-ring (bicyclic) bond motifs is 8. The molecule has 1 aromatic carbocycles. The molecule has 2 N–H and O–H groups in total. The van der Waals surface area contributed by atoms with Gasteiger partial charge in [0.2, 0.25) is 11.8 Å². The summed E-state index contributed by atoms with van der Waals surface area (Å²) in [6.45, 7) is 17.5. The number of piperazine rings is 1. The largest absolute Gasteiger partial charge is 0.464 e. The number of benzene rings is 1. The van der Waals surface area contributed by atoms with Crippen molar-refractivity contribution in [2.24, 2.45) is 11.3 Å². The van der Waals surface area contributed by atoms with Crippen LogP contribution < -0.4 is 10.7 Å². The highest BCUT2D eigenvalue weighted by Gasteiger charge is 2.49. The van der Waals surface area contributed by atoms with E-state index in [1.165, 1.54) is 27.3 Å². The van der Waals surface area contributed by atoms with Crippen LogP contribution in [0.3, 0.4) is 0 Å². The number of nitrogens with zero attached hydrogens (tertiary/aromatic N) is 7. The van der Waals surface area contributed by atoms with Gasteiger partial charge in [0, 0.05) is 85.8 Å². The molecule has 16 nitrogen and oxygen atoms in total. The van der Waals surface area contributed by atoms with Gasteiger partial charge in [-0.05, 0) is 81.4 Å². The Morgan fingerprint density at radius 2 is 1.81 bits per heavy atom. The number of hydrazine groups is 1. The summed E-state index contributed by atoms with van der Waals surface area (Å²) in [6, 6.07) is 7.11. The second-order valence-electron chi connectivity index (χ2n) is 19.3. The maximum atomic E-state index is 14.6. The molecule has 70 heavy (non-hydrogen) atoms. The van der Waals surface area contributed by atoms with Crippen molar-refractivity contribution >= 4 is 106 Å². The zero-order valence-corrected chi connectivity index (χ0v) is 46.2. The predicted octanol–water partition coefficient (Wildman–Crippen LogP) is 6.20. The SMILES string of the molecule is C=CC(=O)N1C2CC1CN(C(=O)N(C)[C@H](C(=O)N[C@H]1Cc3nc(cs3)-c3ccc4c(c3)c(c(-c3cccnc3[C@H](C)OC)n4CC)CC(C)(C)COC(=O)[C@@H]3CCCN(N3)C1=O)C(C)C)C2.S.S.S.S. The molecule has 0 radical (unpaired) electrons. The first-order chi connectivity index (χ1) is 31.5. The zero-order valence-electron chi connectivity index (χ0n) is 41.3. The number of amides is 5. The number of carbonyl (C=O) groups is 5. The zero-order chi connectivity index (χ0) is 47.2. The number of hydrogen-bond donors (Lipinski definition) is 2. The Hall–Kier alpha value is -4.25. The van der Waals surface area contributed by atoms with Gasteiger partial charge in [-0.1, -0.05) is 40.3 Å². The number of esters is 1. The van der Waals surface area contributed by atoms with E-state index in [2.05, 4.69) is 66.9 Å². The molecule has 9 rings (SSSR count). The third-order valence-electron chi connectivity index (χ3n) is 13.7. The van der Waals surface area contributed by atoms with Gasteiger partial charge in [0.15, 0.2) is 0 Å². The number of thiazole rings is 1. The Kier molecular flexibility index (Phi) is 20.0. The smallest absolute Gasteiger partial charge is 0.324 e. The van der Waals surface area contributed by atoms with Gasteiger partial charge in [-0.3, -0.25) is 29.2 Å². The van der Waals surface area contributed by atoms with Gasteiger partial charge < -0.3 is 34.1 Å². The second kappa shape index (κ2) is 24.0. The molecule has 384 valence electrons. The molecule has 4 aromatic rings. The number of ether oxygens (including phenoxy) is 2. The summed E-state index contributed by atoms with van der Waals surface area (Å²) in [5.74, 6) is -1.82. The summed E-state index contributed by atoms with van der Waals surface area (Å²) in [5.41, 5.74) is 9.27. The molecular formula is C49H71N9O7S5. The molecule has 2 unspecified atom stereocenters. The molecule has 0 aliphatic carbocycles.